The Morgan fingerprint density at radius 1 is 1.38 bits per heavy atom. The van der Waals surface area contributed by atoms with E-state index in [1.54, 1.807) is 6.20 Å². The highest BCUT2D eigenvalue weighted by molar-refractivity contribution is 7.99. The van der Waals surface area contributed by atoms with Crippen LogP contribution in [-0.2, 0) is 6.54 Å². The number of hydrogen-bond acceptors (Lipinski definition) is 5. The minimum atomic E-state index is 0.509. The Labute approximate surface area is 98.3 Å². The molecule has 0 aromatic carbocycles. The predicted molar refractivity (Wildman–Crippen MR) is 62.2 cm³/mol. The number of nitrogens with zero attached hydrogens (tertiary/aromatic N) is 2. The first-order valence-corrected chi connectivity index (χ1v) is 5.77. The van der Waals surface area contributed by atoms with Crippen molar-refractivity contribution in [3.05, 3.63) is 35.3 Å². The molecule has 0 saturated carbocycles. The van der Waals surface area contributed by atoms with Crippen LogP contribution in [0.2, 0.25) is 0 Å². The molecule has 0 saturated heterocycles. The third-order valence-electron chi connectivity index (χ3n) is 2.23. The van der Waals surface area contributed by atoms with Crippen LogP contribution < -0.4 is 5.73 Å². The van der Waals surface area contributed by atoms with Crippen LogP contribution in [0.15, 0.2) is 33.0 Å². The van der Waals surface area contributed by atoms with E-state index in [2.05, 4.69) is 9.97 Å². The summed E-state index contributed by atoms with van der Waals surface area (Å²) in [7, 11) is 0. The number of aryl methyl sites for hydroxylation is 2. The fraction of sp³-hybridized carbons (Fsp3) is 0.273. The van der Waals surface area contributed by atoms with Gasteiger partial charge in [-0.2, -0.15) is 0 Å². The van der Waals surface area contributed by atoms with Crippen LogP contribution in [0, 0.1) is 13.8 Å². The Morgan fingerprint density at radius 2 is 2.19 bits per heavy atom. The summed E-state index contributed by atoms with van der Waals surface area (Å²) < 4.78 is 5.46. The molecule has 0 atom stereocenters. The quantitative estimate of drug-likeness (QED) is 0.884. The SMILES string of the molecule is Cc1nc(Sc2ccc(CN)cn2)oc1C. The van der Waals surface area contributed by atoms with Crippen LogP contribution in [0.5, 0.6) is 0 Å². The van der Waals surface area contributed by atoms with Crippen molar-refractivity contribution in [3.8, 4) is 0 Å². The first-order chi connectivity index (χ1) is 7.69. The van der Waals surface area contributed by atoms with Crippen LogP contribution in [0.3, 0.4) is 0 Å². The smallest absolute Gasteiger partial charge is 0.262 e. The summed E-state index contributed by atoms with van der Waals surface area (Å²) in [4.78, 5) is 8.55. The van der Waals surface area contributed by atoms with E-state index in [1.165, 1.54) is 11.8 Å². The molecule has 2 rings (SSSR count). The monoisotopic (exact) mass is 235 g/mol. The lowest BCUT2D eigenvalue weighted by atomic mass is 10.3. The normalized spacial score (nSPS) is 10.7. The van der Waals surface area contributed by atoms with E-state index in [9.17, 15) is 0 Å². The molecule has 2 aromatic heterocycles. The van der Waals surface area contributed by atoms with Crippen molar-refractivity contribution in [2.75, 3.05) is 0 Å². The molecule has 0 bridgehead atoms. The highest BCUT2D eigenvalue weighted by Gasteiger charge is 2.07. The molecule has 2 heterocycles. The second kappa shape index (κ2) is 4.67. The van der Waals surface area contributed by atoms with E-state index in [-0.39, 0.29) is 0 Å². The highest BCUT2D eigenvalue weighted by atomic mass is 32.2. The molecule has 0 radical (unpaired) electrons. The average Bonchev–Trinajstić information content (AvgIpc) is 2.59. The summed E-state index contributed by atoms with van der Waals surface area (Å²) in [5.41, 5.74) is 7.43. The number of pyridine rings is 1. The third kappa shape index (κ3) is 2.43. The van der Waals surface area contributed by atoms with Crippen molar-refractivity contribution in [2.45, 2.75) is 30.6 Å². The third-order valence-corrected chi connectivity index (χ3v) is 3.03. The van der Waals surface area contributed by atoms with Gasteiger partial charge in [-0.25, -0.2) is 9.97 Å². The van der Waals surface area contributed by atoms with Gasteiger partial charge in [-0.15, -0.1) is 0 Å². The van der Waals surface area contributed by atoms with Crippen LogP contribution in [0.25, 0.3) is 0 Å². The maximum atomic E-state index is 5.50. The van der Waals surface area contributed by atoms with Gasteiger partial charge in [0.25, 0.3) is 5.22 Å². The molecule has 0 aliphatic carbocycles. The minimum Gasteiger partial charge on any atom is -0.436 e. The lowest BCUT2D eigenvalue weighted by Crippen LogP contribution is -1.96. The van der Waals surface area contributed by atoms with Gasteiger partial charge in [0.2, 0.25) is 0 Å². The summed E-state index contributed by atoms with van der Waals surface area (Å²) in [5.74, 6) is 0.848. The van der Waals surface area contributed by atoms with E-state index in [0.29, 0.717) is 11.8 Å². The number of aromatic nitrogens is 2. The Bertz CT molecular complexity index is 459. The molecule has 0 spiro atoms. The van der Waals surface area contributed by atoms with Crippen molar-refractivity contribution in [1.82, 2.24) is 9.97 Å². The Balaban J connectivity index is 2.14. The van der Waals surface area contributed by atoms with Gasteiger partial charge in [0.1, 0.15) is 10.8 Å². The molecule has 5 heteroatoms. The van der Waals surface area contributed by atoms with E-state index in [1.807, 2.05) is 26.0 Å². The maximum absolute atomic E-state index is 5.50. The largest absolute Gasteiger partial charge is 0.436 e. The maximum Gasteiger partial charge on any atom is 0.262 e. The average molecular weight is 235 g/mol. The summed E-state index contributed by atoms with van der Waals surface area (Å²) in [6.07, 6.45) is 1.77. The van der Waals surface area contributed by atoms with Crippen molar-refractivity contribution >= 4 is 11.8 Å². The fourth-order valence-corrected chi connectivity index (χ4v) is 1.94. The minimum absolute atomic E-state index is 0.509. The molecular weight excluding hydrogens is 222 g/mol. The molecule has 2 N–H and O–H groups in total. The number of rotatable bonds is 3. The lowest BCUT2D eigenvalue weighted by Gasteiger charge is -1.98. The highest BCUT2D eigenvalue weighted by Crippen LogP contribution is 2.26. The van der Waals surface area contributed by atoms with Gasteiger partial charge in [-0.05, 0) is 37.2 Å². The van der Waals surface area contributed by atoms with E-state index >= 15 is 0 Å². The molecule has 0 aliphatic rings. The van der Waals surface area contributed by atoms with Crippen molar-refractivity contribution in [1.29, 1.82) is 0 Å². The molecule has 2 aromatic rings. The number of nitrogens with two attached hydrogens (primary N) is 1. The van der Waals surface area contributed by atoms with E-state index < -0.39 is 0 Å². The summed E-state index contributed by atoms with van der Waals surface area (Å²) >= 11 is 1.41. The standard InChI is InChI=1S/C11H13N3OS/c1-7-8(2)15-11(14-7)16-10-4-3-9(5-12)6-13-10/h3-4,6H,5,12H2,1-2H3. The second-order valence-electron chi connectivity index (χ2n) is 3.43. The van der Waals surface area contributed by atoms with Crippen molar-refractivity contribution in [2.24, 2.45) is 5.73 Å². The van der Waals surface area contributed by atoms with Gasteiger partial charge < -0.3 is 10.2 Å². The van der Waals surface area contributed by atoms with Crippen LogP contribution in [0.1, 0.15) is 17.0 Å². The molecule has 16 heavy (non-hydrogen) atoms. The number of oxazole rings is 1. The van der Waals surface area contributed by atoms with Crippen LogP contribution >= 0.6 is 11.8 Å². The molecular formula is C11H13N3OS. The van der Waals surface area contributed by atoms with Gasteiger partial charge >= 0.3 is 0 Å². The van der Waals surface area contributed by atoms with Crippen molar-refractivity contribution < 1.29 is 4.42 Å². The molecule has 0 amide bonds. The second-order valence-corrected chi connectivity index (χ2v) is 4.40. The predicted octanol–water partition coefficient (Wildman–Crippen LogP) is 2.30. The molecule has 0 aliphatic heterocycles. The molecule has 0 unspecified atom stereocenters. The Kier molecular flexibility index (Phi) is 3.26. The zero-order valence-corrected chi connectivity index (χ0v) is 10.0. The van der Waals surface area contributed by atoms with Gasteiger partial charge in [0.05, 0.1) is 5.69 Å². The topological polar surface area (TPSA) is 64.9 Å². The Hall–Kier alpha value is -1.33. The van der Waals surface area contributed by atoms with Crippen LogP contribution in [0.4, 0.5) is 0 Å². The van der Waals surface area contributed by atoms with Gasteiger partial charge in [0, 0.05) is 12.7 Å². The number of hydrogen-bond donors (Lipinski definition) is 1. The fourth-order valence-electron chi connectivity index (χ4n) is 1.17. The van der Waals surface area contributed by atoms with E-state index in [4.69, 9.17) is 10.2 Å². The summed E-state index contributed by atoms with van der Waals surface area (Å²) in [6.45, 7) is 4.33. The lowest BCUT2D eigenvalue weighted by molar-refractivity contribution is 0.431. The van der Waals surface area contributed by atoms with E-state index in [0.717, 1.165) is 22.0 Å². The zero-order valence-electron chi connectivity index (χ0n) is 9.23. The molecule has 0 fully saturated rings. The van der Waals surface area contributed by atoms with Crippen molar-refractivity contribution in [3.63, 3.8) is 0 Å². The van der Waals surface area contributed by atoms with Gasteiger partial charge in [-0.3, -0.25) is 0 Å². The summed E-state index contributed by atoms with van der Waals surface area (Å²) in [5, 5.41) is 1.49. The summed E-state index contributed by atoms with van der Waals surface area (Å²) in [6, 6.07) is 3.87. The first kappa shape index (κ1) is 11.2. The van der Waals surface area contributed by atoms with Gasteiger partial charge in [0.15, 0.2) is 0 Å². The van der Waals surface area contributed by atoms with Crippen LogP contribution in [-0.4, -0.2) is 9.97 Å². The van der Waals surface area contributed by atoms with Gasteiger partial charge in [-0.1, -0.05) is 6.07 Å². The molecule has 84 valence electrons. The zero-order chi connectivity index (χ0) is 11.5. The molecule has 4 nitrogen and oxygen atoms in total. The Morgan fingerprint density at radius 3 is 2.69 bits per heavy atom. The first-order valence-electron chi connectivity index (χ1n) is 4.96.